The summed E-state index contributed by atoms with van der Waals surface area (Å²) in [5.41, 5.74) is 1.57. The van der Waals surface area contributed by atoms with Crippen LogP contribution in [0.5, 0.6) is 17.2 Å². The van der Waals surface area contributed by atoms with Crippen molar-refractivity contribution in [1.82, 2.24) is 4.90 Å². The maximum Gasteiger partial charge on any atom is 0.266 e. The average Bonchev–Trinajstić information content (AvgIpc) is 3.26. The van der Waals surface area contributed by atoms with Crippen LogP contribution in [0.2, 0.25) is 0 Å². The Morgan fingerprint density at radius 2 is 1.96 bits per heavy atom. The fraction of sp³-hybridized carbons (Fsp3) is 0.200. The van der Waals surface area contributed by atoms with E-state index >= 15 is 0 Å². The Morgan fingerprint density at radius 3 is 2.67 bits per heavy atom. The molecule has 0 N–H and O–H groups in total. The van der Waals surface area contributed by atoms with Crippen molar-refractivity contribution >= 4 is 34.6 Å². The van der Waals surface area contributed by atoms with Crippen molar-refractivity contribution < 1.29 is 19.0 Å². The number of para-hydroxylation sites is 1. The number of carbonyl (C=O) groups excluding carboxylic acids is 1. The fourth-order valence-electron chi connectivity index (χ4n) is 2.85. The standard InChI is InChI=1S/C20H18N2O4S/c1-3-22-19(23)18(27-20(22)21-14-7-5-4-6-8-14)10-13-9-16-17(26-12-25-16)11-15(13)24-2/h4-11H,3,12H2,1-2H3/b18-10+,21-20?. The third kappa shape index (κ3) is 3.38. The summed E-state index contributed by atoms with van der Waals surface area (Å²) >= 11 is 1.35. The summed E-state index contributed by atoms with van der Waals surface area (Å²) in [6, 6.07) is 13.2. The van der Waals surface area contributed by atoms with Gasteiger partial charge in [-0.1, -0.05) is 18.2 Å². The van der Waals surface area contributed by atoms with Gasteiger partial charge in [0, 0.05) is 18.2 Å². The van der Waals surface area contributed by atoms with Gasteiger partial charge in [-0.2, -0.15) is 0 Å². The number of carbonyl (C=O) groups is 1. The number of amidine groups is 1. The van der Waals surface area contributed by atoms with Gasteiger partial charge in [0.1, 0.15) is 5.75 Å². The molecule has 27 heavy (non-hydrogen) atoms. The number of benzene rings is 2. The molecule has 0 aromatic heterocycles. The number of amides is 1. The monoisotopic (exact) mass is 382 g/mol. The molecule has 1 fully saturated rings. The number of hydrogen-bond donors (Lipinski definition) is 0. The number of thioether (sulfide) groups is 1. The van der Waals surface area contributed by atoms with Crippen LogP contribution in [0, 0.1) is 0 Å². The van der Waals surface area contributed by atoms with E-state index in [2.05, 4.69) is 4.99 Å². The number of hydrogen-bond acceptors (Lipinski definition) is 6. The molecule has 0 spiro atoms. The topological polar surface area (TPSA) is 60.4 Å². The summed E-state index contributed by atoms with van der Waals surface area (Å²) in [5, 5.41) is 0.666. The Bertz CT molecular complexity index is 940. The Morgan fingerprint density at radius 1 is 1.22 bits per heavy atom. The smallest absolute Gasteiger partial charge is 0.266 e. The first-order valence-electron chi connectivity index (χ1n) is 8.52. The minimum atomic E-state index is -0.0723. The molecule has 0 aliphatic carbocycles. The minimum Gasteiger partial charge on any atom is -0.496 e. The lowest BCUT2D eigenvalue weighted by Crippen LogP contribution is -2.28. The van der Waals surface area contributed by atoms with Crippen LogP contribution in [0.25, 0.3) is 6.08 Å². The van der Waals surface area contributed by atoms with Gasteiger partial charge in [0.15, 0.2) is 16.7 Å². The van der Waals surface area contributed by atoms with E-state index in [1.807, 2.05) is 49.4 Å². The van der Waals surface area contributed by atoms with Crippen molar-refractivity contribution in [3.63, 3.8) is 0 Å². The van der Waals surface area contributed by atoms with Gasteiger partial charge >= 0.3 is 0 Å². The Balaban J connectivity index is 1.70. The lowest BCUT2D eigenvalue weighted by atomic mass is 10.1. The lowest BCUT2D eigenvalue weighted by molar-refractivity contribution is -0.122. The van der Waals surface area contributed by atoms with E-state index in [4.69, 9.17) is 14.2 Å². The molecule has 2 aliphatic heterocycles. The highest BCUT2D eigenvalue weighted by molar-refractivity contribution is 8.18. The van der Waals surface area contributed by atoms with Gasteiger partial charge in [0.25, 0.3) is 5.91 Å². The molecule has 6 nitrogen and oxygen atoms in total. The first-order chi connectivity index (χ1) is 13.2. The second-order valence-electron chi connectivity index (χ2n) is 5.84. The lowest BCUT2D eigenvalue weighted by Gasteiger charge is -2.12. The summed E-state index contributed by atoms with van der Waals surface area (Å²) in [5.74, 6) is 1.83. The number of methoxy groups -OCH3 is 1. The van der Waals surface area contributed by atoms with Crippen LogP contribution in [-0.2, 0) is 4.79 Å². The number of nitrogens with zero attached hydrogens (tertiary/aromatic N) is 2. The van der Waals surface area contributed by atoms with Crippen molar-refractivity contribution in [3.8, 4) is 17.2 Å². The molecule has 0 unspecified atom stereocenters. The highest BCUT2D eigenvalue weighted by Crippen LogP contribution is 2.41. The van der Waals surface area contributed by atoms with Crippen LogP contribution in [0.1, 0.15) is 12.5 Å². The van der Waals surface area contributed by atoms with Crippen LogP contribution in [0.3, 0.4) is 0 Å². The maximum atomic E-state index is 12.8. The van der Waals surface area contributed by atoms with E-state index in [1.54, 1.807) is 18.1 Å². The van der Waals surface area contributed by atoms with Gasteiger partial charge in [-0.25, -0.2) is 4.99 Å². The number of rotatable bonds is 4. The first-order valence-corrected chi connectivity index (χ1v) is 9.34. The second-order valence-corrected chi connectivity index (χ2v) is 6.85. The van der Waals surface area contributed by atoms with Gasteiger partial charge in [0.2, 0.25) is 6.79 Å². The third-order valence-electron chi connectivity index (χ3n) is 4.20. The van der Waals surface area contributed by atoms with Crippen LogP contribution in [0.15, 0.2) is 52.4 Å². The molecule has 0 atom stereocenters. The van der Waals surface area contributed by atoms with E-state index in [1.165, 1.54) is 11.8 Å². The van der Waals surface area contributed by atoms with Crippen molar-refractivity contribution in [1.29, 1.82) is 0 Å². The summed E-state index contributed by atoms with van der Waals surface area (Å²) < 4.78 is 16.3. The molecular formula is C20H18N2O4S. The zero-order chi connectivity index (χ0) is 18.8. The van der Waals surface area contributed by atoms with E-state index in [9.17, 15) is 4.79 Å². The first kappa shape index (κ1) is 17.5. The molecule has 2 aromatic carbocycles. The Labute approximate surface area is 161 Å². The fourth-order valence-corrected chi connectivity index (χ4v) is 3.91. The second kappa shape index (κ2) is 7.36. The van der Waals surface area contributed by atoms with Gasteiger partial charge < -0.3 is 14.2 Å². The summed E-state index contributed by atoms with van der Waals surface area (Å²) in [6.07, 6.45) is 1.81. The zero-order valence-electron chi connectivity index (χ0n) is 15.0. The predicted octanol–water partition coefficient (Wildman–Crippen LogP) is 4.05. The molecule has 7 heteroatoms. The molecule has 2 aliphatic rings. The predicted molar refractivity (Wildman–Crippen MR) is 106 cm³/mol. The molecule has 0 saturated carbocycles. The summed E-state index contributed by atoms with van der Waals surface area (Å²) in [6.45, 7) is 2.67. The quantitative estimate of drug-likeness (QED) is 0.747. The summed E-state index contributed by atoms with van der Waals surface area (Å²) in [4.78, 5) is 19.7. The number of likely N-dealkylation sites (N-methyl/N-ethyl adjacent to an activating group) is 1. The number of ether oxygens (including phenoxy) is 3. The van der Waals surface area contributed by atoms with E-state index in [0.717, 1.165) is 11.3 Å². The van der Waals surface area contributed by atoms with Crippen LogP contribution in [0.4, 0.5) is 5.69 Å². The molecular weight excluding hydrogens is 364 g/mol. The number of fused-ring (bicyclic) bond motifs is 1. The SMILES string of the molecule is CCN1C(=O)/C(=C\c2cc3c(cc2OC)OCO3)SC1=Nc1ccccc1. The van der Waals surface area contributed by atoms with Gasteiger partial charge in [0.05, 0.1) is 17.7 Å². The van der Waals surface area contributed by atoms with E-state index in [0.29, 0.717) is 33.9 Å². The van der Waals surface area contributed by atoms with Crippen molar-refractivity contribution in [3.05, 3.63) is 52.9 Å². The molecule has 0 radical (unpaired) electrons. The largest absolute Gasteiger partial charge is 0.496 e. The Kier molecular flexibility index (Phi) is 4.77. The highest BCUT2D eigenvalue weighted by atomic mass is 32.2. The number of aliphatic imine (C=N–C) groups is 1. The minimum absolute atomic E-state index is 0.0723. The molecule has 2 heterocycles. The van der Waals surface area contributed by atoms with Gasteiger partial charge in [-0.3, -0.25) is 9.69 Å². The van der Waals surface area contributed by atoms with E-state index in [-0.39, 0.29) is 12.7 Å². The maximum absolute atomic E-state index is 12.8. The van der Waals surface area contributed by atoms with E-state index < -0.39 is 0 Å². The van der Waals surface area contributed by atoms with Crippen LogP contribution < -0.4 is 14.2 Å². The van der Waals surface area contributed by atoms with Crippen LogP contribution >= 0.6 is 11.8 Å². The molecule has 2 aromatic rings. The zero-order valence-corrected chi connectivity index (χ0v) is 15.8. The van der Waals surface area contributed by atoms with Crippen molar-refractivity contribution in [2.45, 2.75) is 6.92 Å². The van der Waals surface area contributed by atoms with Gasteiger partial charge in [-0.15, -0.1) is 0 Å². The summed E-state index contributed by atoms with van der Waals surface area (Å²) in [7, 11) is 1.59. The van der Waals surface area contributed by atoms with Crippen LogP contribution in [-0.4, -0.2) is 36.4 Å². The van der Waals surface area contributed by atoms with Crippen molar-refractivity contribution in [2.75, 3.05) is 20.4 Å². The van der Waals surface area contributed by atoms with Gasteiger partial charge in [-0.05, 0) is 43.0 Å². The molecule has 1 saturated heterocycles. The normalized spacial score (nSPS) is 18.6. The Hall–Kier alpha value is -2.93. The molecule has 1 amide bonds. The average molecular weight is 382 g/mol. The molecule has 138 valence electrons. The highest BCUT2D eigenvalue weighted by Gasteiger charge is 2.32. The molecule has 0 bridgehead atoms. The molecule has 4 rings (SSSR count). The van der Waals surface area contributed by atoms with Crippen molar-refractivity contribution in [2.24, 2.45) is 4.99 Å². The third-order valence-corrected chi connectivity index (χ3v) is 5.20.